The first-order chi connectivity index (χ1) is 12.9. The minimum absolute atomic E-state index is 0.513. The average Bonchev–Trinajstić information content (AvgIpc) is 3.06. The standard InChI is InChI=1S/C20H12ClF3N2S/c21-14-2-4-15(5-3-14)27-19-11-25-8-7-16(19)18-10-12-9-13(20(22,23)24)1-6-17(12)26-18/h1-11,26H. The molecule has 0 aliphatic rings. The molecule has 2 aromatic heterocycles. The van der Waals surface area contributed by atoms with Crippen molar-refractivity contribution in [2.75, 3.05) is 0 Å². The van der Waals surface area contributed by atoms with Crippen molar-refractivity contribution in [1.29, 1.82) is 0 Å². The largest absolute Gasteiger partial charge is 0.416 e. The zero-order chi connectivity index (χ0) is 19.0. The summed E-state index contributed by atoms with van der Waals surface area (Å²) in [6.07, 6.45) is -0.965. The van der Waals surface area contributed by atoms with E-state index < -0.39 is 11.7 Å². The lowest BCUT2D eigenvalue weighted by Crippen LogP contribution is -2.03. The molecule has 0 aliphatic heterocycles. The summed E-state index contributed by atoms with van der Waals surface area (Å²) in [5, 5.41) is 1.17. The number of H-pyrrole nitrogens is 1. The van der Waals surface area contributed by atoms with Gasteiger partial charge in [0.05, 0.1) is 5.56 Å². The number of fused-ring (bicyclic) bond motifs is 1. The van der Waals surface area contributed by atoms with E-state index in [1.165, 1.54) is 17.8 Å². The third kappa shape index (κ3) is 3.82. The number of hydrogen-bond donors (Lipinski definition) is 1. The van der Waals surface area contributed by atoms with E-state index in [9.17, 15) is 13.2 Å². The average molecular weight is 405 g/mol. The molecule has 7 heteroatoms. The number of hydrogen-bond acceptors (Lipinski definition) is 2. The molecule has 0 aliphatic carbocycles. The van der Waals surface area contributed by atoms with E-state index in [2.05, 4.69) is 9.97 Å². The van der Waals surface area contributed by atoms with Crippen LogP contribution in [0.15, 0.2) is 76.8 Å². The molecule has 2 nitrogen and oxygen atoms in total. The van der Waals surface area contributed by atoms with Crippen LogP contribution in [0, 0.1) is 0 Å². The highest BCUT2D eigenvalue weighted by Crippen LogP contribution is 2.37. The molecule has 2 aromatic carbocycles. The normalized spacial score (nSPS) is 11.9. The molecule has 0 radical (unpaired) electrons. The fraction of sp³-hybridized carbons (Fsp3) is 0.0500. The van der Waals surface area contributed by atoms with Crippen LogP contribution >= 0.6 is 23.4 Å². The molecule has 0 spiro atoms. The van der Waals surface area contributed by atoms with Crippen LogP contribution in [0.4, 0.5) is 13.2 Å². The number of nitrogens with zero attached hydrogens (tertiary/aromatic N) is 1. The molecular formula is C20H12ClF3N2S. The minimum Gasteiger partial charge on any atom is -0.354 e. The van der Waals surface area contributed by atoms with Crippen molar-refractivity contribution in [2.24, 2.45) is 0 Å². The zero-order valence-electron chi connectivity index (χ0n) is 13.7. The fourth-order valence-electron chi connectivity index (χ4n) is 2.77. The van der Waals surface area contributed by atoms with Gasteiger partial charge in [0.2, 0.25) is 0 Å². The van der Waals surface area contributed by atoms with Gasteiger partial charge in [0.15, 0.2) is 0 Å². The Kier molecular flexibility index (Phi) is 4.61. The Morgan fingerprint density at radius 2 is 1.74 bits per heavy atom. The molecule has 0 unspecified atom stereocenters. The van der Waals surface area contributed by atoms with E-state index in [1.807, 2.05) is 30.3 Å². The molecule has 0 fully saturated rings. The SMILES string of the molecule is FC(F)(F)c1ccc2[nH]c(-c3ccncc3Sc3ccc(Cl)cc3)cc2c1. The van der Waals surface area contributed by atoms with Crippen molar-refractivity contribution < 1.29 is 13.2 Å². The number of halogens is 4. The van der Waals surface area contributed by atoms with Gasteiger partial charge in [0.25, 0.3) is 0 Å². The predicted octanol–water partition coefficient (Wildman–Crippen LogP) is 7.05. The Morgan fingerprint density at radius 1 is 0.963 bits per heavy atom. The zero-order valence-corrected chi connectivity index (χ0v) is 15.3. The summed E-state index contributed by atoms with van der Waals surface area (Å²) in [7, 11) is 0. The molecule has 4 rings (SSSR count). The van der Waals surface area contributed by atoms with E-state index >= 15 is 0 Å². The van der Waals surface area contributed by atoms with Crippen LogP contribution in [-0.4, -0.2) is 9.97 Å². The lowest BCUT2D eigenvalue weighted by Gasteiger charge is -2.07. The number of pyridine rings is 1. The Bertz CT molecular complexity index is 1100. The number of rotatable bonds is 3. The van der Waals surface area contributed by atoms with Gasteiger partial charge in [-0.3, -0.25) is 4.98 Å². The first-order valence-electron chi connectivity index (χ1n) is 7.98. The molecule has 4 aromatic rings. The van der Waals surface area contributed by atoms with Crippen LogP contribution in [0.5, 0.6) is 0 Å². The van der Waals surface area contributed by atoms with Crippen LogP contribution in [0.1, 0.15) is 5.56 Å². The molecule has 0 saturated heterocycles. The maximum Gasteiger partial charge on any atom is 0.416 e. The highest BCUT2D eigenvalue weighted by atomic mass is 35.5. The lowest BCUT2D eigenvalue weighted by atomic mass is 10.1. The van der Waals surface area contributed by atoms with E-state index in [0.29, 0.717) is 15.9 Å². The molecule has 0 bridgehead atoms. The van der Waals surface area contributed by atoms with Gasteiger partial charge in [0.1, 0.15) is 0 Å². The van der Waals surface area contributed by atoms with Crippen LogP contribution in [-0.2, 0) is 6.18 Å². The summed E-state index contributed by atoms with van der Waals surface area (Å²) >= 11 is 7.44. The van der Waals surface area contributed by atoms with Crippen molar-refractivity contribution in [3.63, 3.8) is 0 Å². The topological polar surface area (TPSA) is 28.7 Å². The maximum atomic E-state index is 12.9. The summed E-state index contributed by atoms with van der Waals surface area (Å²) in [5.41, 5.74) is 1.60. The summed E-state index contributed by atoms with van der Waals surface area (Å²) < 4.78 is 38.8. The predicted molar refractivity (Wildman–Crippen MR) is 102 cm³/mol. The maximum absolute atomic E-state index is 12.9. The first kappa shape index (κ1) is 17.9. The van der Waals surface area contributed by atoms with Crippen LogP contribution in [0.2, 0.25) is 5.02 Å². The molecule has 1 N–H and O–H groups in total. The van der Waals surface area contributed by atoms with Gasteiger partial charge in [-0.2, -0.15) is 13.2 Å². The molecule has 0 atom stereocenters. The Hall–Kier alpha value is -2.44. The monoisotopic (exact) mass is 404 g/mol. The summed E-state index contributed by atoms with van der Waals surface area (Å²) in [4.78, 5) is 9.25. The van der Waals surface area contributed by atoms with Gasteiger partial charge in [-0.05, 0) is 54.6 Å². The molecule has 0 saturated carbocycles. The quantitative estimate of drug-likeness (QED) is 0.396. The fourth-order valence-corrected chi connectivity index (χ4v) is 3.82. The van der Waals surface area contributed by atoms with Gasteiger partial charge < -0.3 is 4.98 Å². The smallest absolute Gasteiger partial charge is 0.354 e. The second kappa shape index (κ2) is 6.94. The number of aromatic nitrogens is 2. The van der Waals surface area contributed by atoms with Gasteiger partial charge in [-0.25, -0.2) is 0 Å². The number of aromatic amines is 1. The second-order valence-electron chi connectivity index (χ2n) is 5.91. The third-order valence-electron chi connectivity index (χ3n) is 4.06. The minimum atomic E-state index is -4.36. The van der Waals surface area contributed by atoms with E-state index in [-0.39, 0.29) is 0 Å². The van der Waals surface area contributed by atoms with Crippen molar-refractivity contribution in [3.8, 4) is 11.3 Å². The summed E-state index contributed by atoms with van der Waals surface area (Å²) in [6.45, 7) is 0. The second-order valence-corrected chi connectivity index (χ2v) is 7.46. The van der Waals surface area contributed by atoms with Gasteiger partial charge >= 0.3 is 6.18 Å². The molecular weight excluding hydrogens is 393 g/mol. The van der Waals surface area contributed by atoms with Gasteiger partial charge in [-0.15, -0.1) is 0 Å². The van der Waals surface area contributed by atoms with Crippen molar-refractivity contribution >= 4 is 34.3 Å². The number of benzene rings is 2. The van der Waals surface area contributed by atoms with Crippen LogP contribution in [0.3, 0.4) is 0 Å². The Balaban J connectivity index is 1.74. The van der Waals surface area contributed by atoms with Crippen LogP contribution in [0.25, 0.3) is 22.2 Å². The highest BCUT2D eigenvalue weighted by molar-refractivity contribution is 7.99. The molecule has 2 heterocycles. The molecule has 0 amide bonds. The van der Waals surface area contributed by atoms with Crippen molar-refractivity contribution in [1.82, 2.24) is 9.97 Å². The number of nitrogens with one attached hydrogen (secondary N) is 1. The number of alkyl halides is 3. The van der Waals surface area contributed by atoms with Crippen LogP contribution < -0.4 is 0 Å². The van der Waals surface area contributed by atoms with E-state index in [1.54, 1.807) is 18.5 Å². The molecule has 136 valence electrons. The Labute approximate surface area is 162 Å². The lowest BCUT2D eigenvalue weighted by molar-refractivity contribution is -0.137. The van der Waals surface area contributed by atoms with E-state index in [0.717, 1.165) is 33.2 Å². The third-order valence-corrected chi connectivity index (χ3v) is 5.37. The Morgan fingerprint density at radius 3 is 2.48 bits per heavy atom. The summed E-state index contributed by atoms with van der Waals surface area (Å²) in [5.74, 6) is 0. The van der Waals surface area contributed by atoms with Gasteiger partial charge in [-0.1, -0.05) is 23.4 Å². The van der Waals surface area contributed by atoms with Crippen molar-refractivity contribution in [3.05, 3.63) is 77.6 Å². The first-order valence-corrected chi connectivity index (χ1v) is 9.17. The summed E-state index contributed by atoms with van der Waals surface area (Å²) in [6, 6.07) is 14.7. The van der Waals surface area contributed by atoms with Gasteiger partial charge in [0, 0.05) is 49.4 Å². The molecule has 27 heavy (non-hydrogen) atoms. The highest BCUT2D eigenvalue weighted by Gasteiger charge is 2.30. The van der Waals surface area contributed by atoms with E-state index in [4.69, 9.17) is 11.6 Å². The van der Waals surface area contributed by atoms with Crippen molar-refractivity contribution in [2.45, 2.75) is 16.0 Å².